The van der Waals surface area contributed by atoms with Crippen LogP contribution in [0.4, 0.5) is 0 Å². The van der Waals surface area contributed by atoms with E-state index in [-0.39, 0.29) is 17.6 Å². The van der Waals surface area contributed by atoms with E-state index in [1.807, 2.05) is 42.5 Å². The minimum atomic E-state index is -0.0239. The molecule has 32 heavy (non-hydrogen) atoms. The molecule has 0 fully saturated rings. The first-order valence-corrected chi connectivity index (χ1v) is 11.6. The maximum Gasteiger partial charge on any atom is 0.230 e. The van der Waals surface area contributed by atoms with E-state index in [2.05, 4.69) is 69.4 Å². The second-order valence-corrected chi connectivity index (χ2v) is 8.35. The number of hydrogen-bond donors (Lipinski definition) is 1. The molecule has 4 aromatic rings. The fraction of sp³-hybridized carbons (Fsp3) is 0.200. The highest BCUT2D eigenvalue weighted by Gasteiger charge is 2.15. The molecule has 0 spiro atoms. The Morgan fingerprint density at radius 2 is 1.47 bits per heavy atom. The number of aromatic nitrogens is 4. The molecule has 1 amide bonds. The molecule has 1 aromatic heterocycles. The molecule has 0 aliphatic rings. The quantitative estimate of drug-likeness (QED) is 0.373. The molecule has 0 aliphatic heterocycles. The Hall–Kier alpha value is -3.45. The van der Waals surface area contributed by atoms with Gasteiger partial charge in [-0.1, -0.05) is 103 Å². The third kappa shape index (κ3) is 6.04. The second kappa shape index (κ2) is 11.2. The minimum Gasteiger partial charge on any atom is -0.355 e. The highest BCUT2D eigenvalue weighted by Crippen LogP contribution is 2.27. The Morgan fingerprint density at radius 1 is 0.875 bits per heavy atom. The third-order valence-electron chi connectivity index (χ3n) is 5.17. The summed E-state index contributed by atoms with van der Waals surface area (Å²) in [7, 11) is 0. The summed E-state index contributed by atoms with van der Waals surface area (Å²) in [6.07, 6.45) is 0.830. The van der Waals surface area contributed by atoms with Gasteiger partial charge in [0, 0.05) is 12.5 Å². The maximum absolute atomic E-state index is 12.5. The first-order chi connectivity index (χ1) is 15.8. The van der Waals surface area contributed by atoms with Crippen molar-refractivity contribution >= 4 is 17.7 Å². The van der Waals surface area contributed by atoms with Crippen LogP contribution in [0.25, 0.3) is 0 Å². The molecule has 0 saturated carbocycles. The van der Waals surface area contributed by atoms with Crippen molar-refractivity contribution in [1.29, 1.82) is 0 Å². The average Bonchev–Trinajstić information content (AvgIpc) is 3.29. The van der Waals surface area contributed by atoms with Crippen LogP contribution in [0.2, 0.25) is 0 Å². The van der Waals surface area contributed by atoms with Gasteiger partial charge in [-0.2, -0.15) is 0 Å². The summed E-state index contributed by atoms with van der Waals surface area (Å²) in [4.78, 5) is 12.5. The predicted molar refractivity (Wildman–Crippen MR) is 126 cm³/mol. The van der Waals surface area contributed by atoms with Crippen molar-refractivity contribution in [1.82, 2.24) is 25.5 Å². The molecule has 0 bridgehead atoms. The van der Waals surface area contributed by atoms with Crippen LogP contribution in [0.15, 0.2) is 96.2 Å². The van der Waals surface area contributed by atoms with Crippen molar-refractivity contribution in [2.24, 2.45) is 0 Å². The standard InChI is InChI=1S/C25H25N5OS/c31-24(19-32-25-27-28-29-30(25)18-20-10-4-1-5-11-20)26-17-16-23(21-12-6-2-7-13-21)22-14-8-3-9-15-22/h1-15,23H,16-19H2,(H,26,31). The van der Waals surface area contributed by atoms with Crippen LogP contribution in [-0.4, -0.2) is 38.4 Å². The first kappa shape index (κ1) is 21.8. The minimum absolute atomic E-state index is 0.0239. The number of carbonyl (C=O) groups is 1. The summed E-state index contributed by atoms with van der Waals surface area (Å²) in [6, 6.07) is 30.8. The van der Waals surface area contributed by atoms with Crippen LogP contribution >= 0.6 is 11.8 Å². The summed E-state index contributed by atoms with van der Waals surface area (Å²) in [5.41, 5.74) is 3.61. The Kier molecular flexibility index (Phi) is 7.65. The lowest BCUT2D eigenvalue weighted by Gasteiger charge is -2.18. The molecule has 4 rings (SSSR count). The molecule has 162 valence electrons. The van der Waals surface area contributed by atoms with Gasteiger partial charge in [0.25, 0.3) is 0 Å². The lowest BCUT2D eigenvalue weighted by Crippen LogP contribution is -2.27. The van der Waals surface area contributed by atoms with E-state index in [1.54, 1.807) is 4.68 Å². The average molecular weight is 444 g/mol. The molecule has 0 unspecified atom stereocenters. The van der Waals surface area contributed by atoms with E-state index >= 15 is 0 Å². The monoisotopic (exact) mass is 443 g/mol. The van der Waals surface area contributed by atoms with Crippen LogP contribution in [0.1, 0.15) is 29.0 Å². The van der Waals surface area contributed by atoms with E-state index in [1.165, 1.54) is 22.9 Å². The van der Waals surface area contributed by atoms with Gasteiger partial charge in [0.15, 0.2) is 0 Å². The van der Waals surface area contributed by atoms with Crippen molar-refractivity contribution in [3.8, 4) is 0 Å². The van der Waals surface area contributed by atoms with E-state index in [4.69, 9.17) is 0 Å². The van der Waals surface area contributed by atoms with Crippen LogP contribution < -0.4 is 5.32 Å². The van der Waals surface area contributed by atoms with Gasteiger partial charge in [0.05, 0.1) is 12.3 Å². The Balaban J connectivity index is 1.29. The number of tetrazole rings is 1. The number of benzene rings is 3. The zero-order valence-corrected chi connectivity index (χ0v) is 18.5. The number of thioether (sulfide) groups is 1. The topological polar surface area (TPSA) is 72.7 Å². The molecule has 6 nitrogen and oxygen atoms in total. The molecule has 7 heteroatoms. The van der Waals surface area contributed by atoms with E-state index in [9.17, 15) is 4.79 Å². The van der Waals surface area contributed by atoms with Gasteiger partial charge in [-0.15, -0.1) is 5.10 Å². The Morgan fingerprint density at radius 3 is 2.09 bits per heavy atom. The van der Waals surface area contributed by atoms with Crippen LogP contribution in [0.3, 0.4) is 0 Å². The zero-order valence-electron chi connectivity index (χ0n) is 17.7. The molecule has 1 heterocycles. The van der Waals surface area contributed by atoms with Crippen molar-refractivity contribution in [3.63, 3.8) is 0 Å². The normalized spacial score (nSPS) is 10.9. The van der Waals surface area contributed by atoms with Crippen molar-refractivity contribution in [2.45, 2.75) is 24.0 Å². The maximum atomic E-state index is 12.5. The predicted octanol–water partition coefficient (Wildman–Crippen LogP) is 4.15. The fourth-order valence-electron chi connectivity index (χ4n) is 3.59. The Labute approximate surface area is 192 Å². The third-order valence-corrected chi connectivity index (χ3v) is 6.12. The summed E-state index contributed by atoms with van der Waals surface area (Å²) >= 11 is 1.35. The lowest BCUT2D eigenvalue weighted by atomic mass is 9.88. The molecular formula is C25H25N5OS. The number of nitrogens with one attached hydrogen (secondary N) is 1. The molecule has 0 saturated heterocycles. The van der Waals surface area contributed by atoms with E-state index in [0.717, 1.165) is 12.0 Å². The SMILES string of the molecule is O=C(CSc1nnnn1Cc1ccccc1)NCCC(c1ccccc1)c1ccccc1. The van der Waals surface area contributed by atoms with Crippen molar-refractivity contribution in [3.05, 3.63) is 108 Å². The van der Waals surface area contributed by atoms with Gasteiger partial charge >= 0.3 is 0 Å². The highest BCUT2D eigenvalue weighted by atomic mass is 32.2. The number of rotatable bonds is 10. The summed E-state index contributed by atoms with van der Waals surface area (Å²) in [5.74, 6) is 0.490. The van der Waals surface area contributed by atoms with Gasteiger partial charge in [0.1, 0.15) is 0 Å². The fourth-order valence-corrected chi connectivity index (χ4v) is 4.30. The summed E-state index contributed by atoms with van der Waals surface area (Å²) in [5, 5.41) is 15.5. The number of hydrogen-bond acceptors (Lipinski definition) is 5. The molecule has 1 N–H and O–H groups in total. The number of nitrogens with zero attached hydrogens (tertiary/aromatic N) is 4. The van der Waals surface area contributed by atoms with E-state index < -0.39 is 0 Å². The molecule has 0 aliphatic carbocycles. The first-order valence-electron chi connectivity index (χ1n) is 10.6. The van der Waals surface area contributed by atoms with Crippen LogP contribution in [-0.2, 0) is 11.3 Å². The molecule has 0 radical (unpaired) electrons. The molecule has 0 atom stereocenters. The lowest BCUT2D eigenvalue weighted by molar-refractivity contribution is -0.118. The summed E-state index contributed by atoms with van der Waals surface area (Å²) < 4.78 is 1.72. The smallest absolute Gasteiger partial charge is 0.230 e. The molecule has 3 aromatic carbocycles. The van der Waals surface area contributed by atoms with Crippen molar-refractivity contribution in [2.75, 3.05) is 12.3 Å². The van der Waals surface area contributed by atoms with Crippen molar-refractivity contribution < 1.29 is 4.79 Å². The number of amides is 1. The van der Waals surface area contributed by atoms with Gasteiger partial charge in [-0.05, 0) is 33.5 Å². The second-order valence-electron chi connectivity index (χ2n) is 7.41. The van der Waals surface area contributed by atoms with Crippen LogP contribution in [0.5, 0.6) is 0 Å². The van der Waals surface area contributed by atoms with Crippen LogP contribution in [0, 0.1) is 0 Å². The van der Waals surface area contributed by atoms with Gasteiger partial charge in [0.2, 0.25) is 11.1 Å². The highest BCUT2D eigenvalue weighted by molar-refractivity contribution is 7.99. The number of carbonyl (C=O) groups excluding carboxylic acids is 1. The van der Waals surface area contributed by atoms with Gasteiger partial charge in [-0.3, -0.25) is 4.79 Å². The summed E-state index contributed by atoms with van der Waals surface area (Å²) in [6.45, 7) is 1.18. The zero-order chi connectivity index (χ0) is 22.0. The largest absolute Gasteiger partial charge is 0.355 e. The van der Waals surface area contributed by atoms with E-state index in [0.29, 0.717) is 18.2 Å². The Bertz CT molecular complexity index is 1060. The molecular weight excluding hydrogens is 418 g/mol. The van der Waals surface area contributed by atoms with Gasteiger partial charge in [-0.25, -0.2) is 4.68 Å². The van der Waals surface area contributed by atoms with Gasteiger partial charge < -0.3 is 5.32 Å².